The molecule has 0 aliphatic carbocycles. The minimum atomic E-state index is 0.0737. The molecule has 0 fully saturated rings. The molecular weight excluding hydrogens is 204 g/mol. The largest absolute Gasteiger partial charge is 0.473 e. The summed E-state index contributed by atoms with van der Waals surface area (Å²) in [6.07, 6.45) is 4.34. The van der Waals surface area contributed by atoms with Crippen molar-refractivity contribution in [1.29, 1.82) is 0 Å². The summed E-state index contributed by atoms with van der Waals surface area (Å²) in [5, 5.41) is 7.65. The van der Waals surface area contributed by atoms with E-state index in [1.54, 1.807) is 0 Å². The average molecular weight is 224 g/mol. The fourth-order valence-electron chi connectivity index (χ4n) is 1.38. The summed E-state index contributed by atoms with van der Waals surface area (Å²) >= 11 is 0. The van der Waals surface area contributed by atoms with Crippen LogP contribution in [0.4, 0.5) is 5.95 Å². The first-order chi connectivity index (χ1) is 7.63. The second-order valence-electron chi connectivity index (χ2n) is 4.05. The number of nitrogens with zero attached hydrogens (tertiary/aromatic N) is 3. The summed E-state index contributed by atoms with van der Waals surface area (Å²) in [6, 6.07) is 0. The predicted molar refractivity (Wildman–Crippen MR) is 63.2 cm³/mol. The van der Waals surface area contributed by atoms with E-state index in [0.29, 0.717) is 5.88 Å². The van der Waals surface area contributed by atoms with E-state index < -0.39 is 0 Å². The molecule has 5 nitrogen and oxygen atoms in total. The molecule has 1 aromatic heterocycles. The van der Waals surface area contributed by atoms with E-state index in [2.05, 4.69) is 22.1 Å². The van der Waals surface area contributed by atoms with Crippen molar-refractivity contribution in [3.8, 4) is 5.88 Å². The summed E-state index contributed by atoms with van der Waals surface area (Å²) < 4.78 is 5.54. The molecule has 1 heterocycles. The van der Waals surface area contributed by atoms with Crippen molar-refractivity contribution in [2.75, 3.05) is 5.73 Å². The highest BCUT2D eigenvalue weighted by molar-refractivity contribution is 5.23. The van der Waals surface area contributed by atoms with Crippen molar-refractivity contribution < 1.29 is 4.74 Å². The van der Waals surface area contributed by atoms with Gasteiger partial charge in [0.15, 0.2) is 0 Å². The Morgan fingerprint density at radius 2 is 2.00 bits per heavy atom. The van der Waals surface area contributed by atoms with Crippen LogP contribution in [0.3, 0.4) is 0 Å². The molecule has 0 aliphatic heterocycles. The number of nitrogen functional groups attached to an aromatic ring is 1. The van der Waals surface area contributed by atoms with Gasteiger partial charge in [0.2, 0.25) is 5.95 Å². The molecule has 0 amide bonds. The zero-order valence-corrected chi connectivity index (χ0v) is 10.2. The molecule has 0 saturated carbocycles. The first-order valence-electron chi connectivity index (χ1n) is 5.79. The smallest absolute Gasteiger partial charge is 0.255 e. The maximum absolute atomic E-state index is 5.54. The molecule has 0 radical (unpaired) electrons. The number of nitrogens with two attached hydrogens (primary N) is 1. The first-order valence-corrected chi connectivity index (χ1v) is 5.79. The zero-order valence-electron chi connectivity index (χ0n) is 10.2. The lowest BCUT2D eigenvalue weighted by atomic mass is 10.1. The number of hydrogen-bond donors (Lipinski definition) is 1. The van der Waals surface area contributed by atoms with Crippen molar-refractivity contribution in [1.82, 2.24) is 15.2 Å². The maximum Gasteiger partial charge on any atom is 0.255 e. The lowest BCUT2D eigenvalue weighted by Crippen LogP contribution is -2.12. The molecule has 0 aromatic carbocycles. The average Bonchev–Trinajstić information content (AvgIpc) is 2.22. The van der Waals surface area contributed by atoms with Crippen LogP contribution in [0.25, 0.3) is 0 Å². The van der Waals surface area contributed by atoms with Crippen molar-refractivity contribution >= 4 is 5.95 Å². The Morgan fingerprint density at radius 1 is 1.25 bits per heavy atom. The fraction of sp³-hybridized carbons (Fsp3) is 0.727. The van der Waals surface area contributed by atoms with E-state index in [0.717, 1.165) is 18.5 Å². The Labute approximate surface area is 96.4 Å². The third-order valence-corrected chi connectivity index (χ3v) is 2.10. The van der Waals surface area contributed by atoms with Crippen LogP contribution in [0.2, 0.25) is 0 Å². The van der Waals surface area contributed by atoms with Gasteiger partial charge in [0, 0.05) is 0 Å². The monoisotopic (exact) mass is 224 g/mol. The summed E-state index contributed by atoms with van der Waals surface area (Å²) in [4.78, 5) is 4.18. The summed E-state index contributed by atoms with van der Waals surface area (Å²) in [6.45, 7) is 6.07. The molecule has 16 heavy (non-hydrogen) atoms. The highest BCUT2D eigenvalue weighted by atomic mass is 16.5. The van der Waals surface area contributed by atoms with Crippen molar-refractivity contribution in [3.05, 3.63) is 5.69 Å². The van der Waals surface area contributed by atoms with Crippen molar-refractivity contribution in [2.45, 2.75) is 52.6 Å². The van der Waals surface area contributed by atoms with E-state index >= 15 is 0 Å². The molecule has 5 heteroatoms. The minimum absolute atomic E-state index is 0.0737. The standard InChI is InChI=1S/C11H20N4O/c1-4-5-6-7-9-10(16-8(2)3)14-15-11(12)13-9/h8H,4-7H2,1-3H3,(H2,12,13,15). The second-order valence-corrected chi connectivity index (χ2v) is 4.05. The third kappa shape index (κ3) is 4.00. The molecule has 2 N–H and O–H groups in total. The Kier molecular flexibility index (Phi) is 4.95. The summed E-state index contributed by atoms with van der Waals surface area (Å²) in [5.74, 6) is 0.725. The Bertz CT molecular complexity index is 328. The van der Waals surface area contributed by atoms with Crippen LogP contribution >= 0.6 is 0 Å². The minimum Gasteiger partial charge on any atom is -0.473 e. The molecule has 90 valence electrons. The van der Waals surface area contributed by atoms with Crippen LogP contribution in [-0.2, 0) is 6.42 Å². The van der Waals surface area contributed by atoms with Crippen molar-refractivity contribution in [2.24, 2.45) is 0 Å². The number of hydrogen-bond acceptors (Lipinski definition) is 5. The van der Waals surface area contributed by atoms with Gasteiger partial charge in [0.05, 0.1) is 6.10 Å². The number of ether oxygens (including phenoxy) is 1. The number of aromatic nitrogens is 3. The summed E-state index contributed by atoms with van der Waals surface area (Å²) in [5.41, 5.74) is 6.34. The van der Waals surface area contributed by atoms with Crippen molar-refractivity contribution in [3.63, 3.8) is 0 Å². The molecule has 0 spiro atoms. The molecule has 0 saturated heterocycles. The van der Waals surface area contributed by atoms with Gasteiger partial charge < -0.3 is 10.5 Å². The molecular formula is C11H20N4O. The molecule has 1 aromatic rings. The van der Waals surface area contributed by atoms with Gasteiger partial charge in [-0.2, -0.15) is 0 Å². The maximum atomic E-state index is 5.54. The van der Waals surface area contributed by atoms with Gasteiger partial charge in [0.25, 0.3) is 5.88 Å². The first kappa shape index (κ1) is 12.7. The van der Waals surface area contributed by atoms with E-state index in [1.165, 1.54) is 12.8 Å². The topological polar surface area (TPSA) is 73.9 Å². The third-order valence-electron chi connectivity index (χ3n) is 2.10. The zero-order chi connectivity index (χ0) is 12.0. The predicted octanol–water partition coefficient (Wildman–Crippen LogP) is 1.97. The molecule has 0 aliphatic rings. The Hall–Kier alpha value is -1.39. The highest BCUT2D eigenvalue weighted by Crippen LogP contribution is 2.16. The Balaban J connectivity index is 2.73. The van der Waals surface area contributed by atoms with Gasteiger partial charge in [-0.3, -0.25) is 0 Å². The fourth-order valence-corrected chi connectivity index (χ4v) is 1.38. The van der Waals surface area contributed by atoms with Crippen LogP contribution in [0.1, 0.15) is 45.7 Å². The molecule has 1 rings (SSSR count). The second kappa shape index (κ2) is 6.25. The van der Waals surface area contributed by atoms with Crippen LogP contribution in [0, 0.1) is 0 Å². The quantitative estimate of drug-likeness (QED) is 0.748. The highest BCUT2D eigenvalue weighted by Gasteiger charge is 2.10. The van der Waals surface area contributed by atoms with Crippen LogP contribution in [0.15, 0.2) is 0 Å². The van der Waals surface area contributed by atoms with Gasteiger partial charge in [0.1, 0.15) is 5.69 Å². The van der Waals surface area contributed by atoms with E-state index in [4.69, 9.17) is 10.5 Å². The number of aryl methyl sites for hydroxylation is 1. The number of rotatable bonds is 6. The van der Waals surface area contributed by atoms with E-state index in [-0.39, 0.29) is 12.1 Å². The normalized spacial score (nSPS) is 10.8. The molecule has 0 atom stereocenters. The van der Waals surface area contributed by atoms with Gasteiger partial charge in [-0.1, -0.05) is 19.8 Å². The van der Waals surface area contributed by atoms with Gasteiger partial charge in [-0.25, -0.2) is 4.98 Å². The van der Waals surface area contributed by atoms with E-state index in [9.17, 15) is 0 Å². The SMILES string of the molecule is CCCCCc1nc(N)nnc1OC(C)C. The van der Waals surface area contributed by atoms with Crippen LogP contribution < -0.4 is 10.5 Å². The number of unbranched alkanes of at least 4 members (excludes halogenated alkanes) is 2. The van der Waals surface area contributed by atoms with Crippen LogP contribution in [0.5, 0.6) is 5.88 Å². The van der Waals surface area contributed by atoms with Crippen LogP contribution in [-0.4, -0.2) is 21.3 Å². The van der Waals surface area contributed by atoms with Gasteiger partial charge in [-0.05, 0) is 26.7 Å². The number of anilines is 1. The van der Waals surface area contributed by atoms with E-state index in [1.807, 2.05) is 13.8 Å². The lowest BCUT2D eigenvalue weighted by molar-refractivity contribution is 0.225. The summed E-state index contributed by atoms with van der Waals surface area (Å²) in [7, 11) is 0. The molecule has 0 unspecified atom stereocenters. The van der Waals surface area contributed by atoms with Gasteiger partial charge >= 0.3 is 0 Å². The molecule has 0 bridgehead atoms. The Morgan fingerprint density at radius 3 is 2.62 bits per heavy atom. The van der Waals surface area contributed by atoms with Gasteiger partial charge in [-0.15, -0.1) is 10.2 Å². The lowest BCUT2D eigenvalue weighted by Gasteiger charge is -2.11.